The first-order valence-corrected chi connectivity index (χ1v) is 7.36. The molecular weight excluding hydrogens is 270 g/mol. The minimum absolute atomic E-state index is 0.112. The van der Waals surface area contributed by atoms with E-state index >= 15 is 0 Å². The highest BCUT2D eigenvalue weighted by molar-refractivity contribution is 6.00. The molecule has 2 aromatic rings. The van der Waals surface area contributed by atoms with E-state index in [2.05, 4.69) is 37.4 Å². The van der Waals surface area contributed by atoms with Crippen LogP contribution in [0.2, 0.25) is 0 Å². The molecule has 0 bridgehead atoms. The van der Waals surface area contributed by atoms with Gasteiger partial charge in [0.15, 0.2) is 0 Å². The van der Waals surface area contributed by atoms with Crippen molar-refractivity contribution in [3.8, 4) is 11.1 Å². The van der Waals surface area contributed by atoms with Crippen LogP contribution in [0, 0.1) is 0 Å². The number of aryl methyl sites for hydroxylation is 1. The van der Waals surface area contributed by atoms with Crippen LogP contribution < -0.4 is 4.90 Å². The number of hydrogen-bond acceptors (Lipinski definition) is 1. The fourth-order valence-electron chi connectivity index (χ4n) is 2.27. The second-order valence-electron chi connectivity index (χ2n) is 5.17. The van der Waals surface area contributed by atoms with Crippen molar-refractivity contribution in [3.05, 3.63) is 79.4 Å². The third-order valence-corrected chi connectivity index (χ3v) is 3.68. The number of carbonyl (C=O) groups is 1. The van der Waals surface area contributed by atoms with Crippen LogP contribution in [-0.2, 0) is 11.2 Å². The van der Waals surface area contributed by atoms with Crippen LogP contribution >= 0.6 is 0 Å². The van der Waals surface area contributed by atoms with Crippen LogP contribution in [0.4, 0.5) is 5.69 Å². The molecule has 0 spiro atoms. The maximum Gasteiger partial charge on any atom is 0.250 e. The normalized spacial score (nSPS) is 10.0. The molecule has 2 nitrogen and oxygen atoms in total. The lowest BCUT2D eigenvalue weighted by molar-refractivity contribution is -0.113. The van der Waals surface area contributed by atoms with Gasteiger partial charge in [0.25, 0.3) is 0 Å². The van der Waals surface area contributed by atoms with Crippen molar-refractivity contribution in [1.82, 2.24) is 0 Å². The smallest absolute Gasteiger partial charge is 0.250 e. The van der Waals surface area contributed by atoms with E-state index in [4.69, 9.17) is 0 Å². The lowest BCUT2D eigenvalue weighted by atomic mass is 10.0. The van der Waals surface area contributed by atoms with Crippen LogP contribution in [0.25, 0.3) is 11.1 Å². The number of amides is 1. The van der Waals surface area contributed by atoms with E-state index in [0.717, 1.165) is 24.1 Å². The van der Waals surface area contributed by atoms with Crippen LogP contribution in [0.3, 0.4) is 0 Å². The number of nitrogens with zero attached hydrogens (tertiary/aromatic N) is 1. The number of benzene rings is 2. The van der Waals surface area contributed by atoms with E-state index in [1.807, 2.05) is 30.3 Å². The molecule has 112 valence electrons. The Kier molecular flexibility index (Phi) is 5.31. The average molecular weight is 291 g/mol. The minimum Gasteiger partial charge on any atom is -0.312 e. The molecule has 0 saturated heterocycles. The molecule has 0 heterocycles. The SMILES string of the molecule is C=CCCc1ccc(-c2ccc(N(C)C(=O)C=C)cc2)cc1. The number of rotatable bonds is 6. The highest BCUT2D eigenvalue weighted by Crippen LogP contribution is 2.23. The van der Waals surface area contributed by atoms with Gasteiger partial charge in [-0.2, -0.15) is 0 Å². The van der Waals surface area contributed by atoms with Crippen LogP contribution in [0.5, 0.6) is 0 Å². The van der Waals surface area contributed by atoms with E-state index in [-0.39, 0.29) is 5.91 Å². The molecule has 0 aliphatic carbocycles. The lowest BCUT2D eigenvalue weighted by Crippen LogP contribution is -2.23. The summed E-state index contributed by atoms with van der Waals surface area (Å²) < 4.78 is 0. The monoisotopic (exact) mass is 291 g/mol. The van der Waals surface area contributed by atoms with Gasteiger partial charge in [-0.15, -0.1) is 6.58 Å². The minimum atomic E-state index is -0.112. The van der Waals surface area contributed by atoms with Gasteiger partial charge in [-0.1, -0.05) is 49.1 Å². The standard InChI is InChI=1S/C20H21NO/c1-4-6-7-16-8-10-17(11-9-16)18-12-14-19(15-13-18)21(3)20(22)5-2/h4-5,8-15H,1-2,6-7H2,3H3. The Morgan fingerprint density at radius 2 is 1.55 bits per heavy atom. The molecule has 22 heavy (non-hydrogen) atoms. The fraction of sp³-hybridized carbons (Fsp3) is 0.150. The maximum absolute atomic E-state index is 11.6. The van der Waals surface area contributed by atoms with Gasteiger partial charge in [-0.25, -0.2) is 0 Å². The summed E-state index contributed by atoms with van der Waals surface area (Å²) in [6.45, 7) is 7.25. The summed E-state index contributed by atoms with van der Waals surface area (Å²) in [5.41, 5.74) is 4.48. The summed E-state index contributed by atoms with van der Waals surface area (Å²) in [6, 6.07) is 16.5. The summed E-state index contributed by atoms with van der Waals surface area (Å²) in [7, 11) is 1.74. The molecule has 0 radical (unpaired) electrons. The van der Waals surface area contributed by atoms with Gasteiger partial charge in [0.1, 0.15) is 0 Å². The van der Waals surface area contributed by atoms with E-state index in [1.54, 1.807) is 11.9 Å². The van der Waals surface area contributed by atoms with Gasteiger partial charge >= 0.3 is 0 Å². The largest absolute Gasteiger partial charge is 0.312 e. The van der Waals surface area contributed by atoms with Crippen molar-refractivity contribution < 1.29 is 4.79 Å². The molecule has 0 atom stereocenters. The molecule has 0 aliphatic heterocycles. The van der Waals surface area contributed by atoms with E-state index in [0.29, 0.717) is 0 Å². The first-order chi connectivity index (χ1) is 10.7. The number of likely N-dealkylation sites (N-methyl/N-ethyl adjacent to an activating group) is 1. The van der Waals surface area contributed by atoms with Gasteiger partial charge in [-0.3, -0.25) is 4.79 Å². The first kappa shape index (κ1) is 15.8. The Morgan fingerprint density at radius 3 is 2.05 bits per heavy atom. The molecule has 0 unspecified atom stereocenters. The Bertz CT molecular complexity index is 653. The zero-order chi connectivity index (χ0) is 15.9. The van der Waals surface area contributed by atoms with Gasteiger partial charge in [0.05, 0.1) is 0 Å². The summed E-state index contributed by atoms with van der Waals surface area (Å²) in [6.07, 6.45) is 5.28. The van der Waals surface area contributed by atoms with Gasteiger partial charge < -0.3 is 4.90 Å². The topological polar surface area (TPSA) is 20.3 Å². The Labute approximate surface area is 132 Å². The molecule has 2 heteroatoms. The summed E-state index contributed by atoms with van der Waals surface area (Å²) >= 11 is 0. The highest BCUT2D eigenvalue weighted by Gasteiger charge is 2.07. The summed E-state index contributed by atoms with van der Waals surface area (Å²) in [5, 5.41) is 0. The number of hydrogen-bond donors (Lipinski definition) is 0. The van der Waals surface area contributed by atoms with Crippen molar-refractivity contribution in [1.29, 1.82) is 0 Å². The summed E-state index contributed by atoms with van der Waals surface area (Å²) in [4.78, 5) is 13.2. The third-order valence-electron chi connectivity index (χ3n) is 3.68. The quantitative estimate of drug-likeness (QED) is 0.561. The molecule has 0 fully saturated rings. The predicted molar refractivity (Wildman–Crippen MR) is 94.0 cm³/mol. The van der Waals surface area contributed by atoms with Crippen molar-refractivity contribution in [2.24, 2.45) is 0 Å². The molecule has 0 aromatic heterocycles. The zero-order valence-corrected chi connectivity index (χ0v) is 13.0. The highest BCUT2D eigenvalue weighted by atomic mass is 16.2. The van der Waals surface area contributed by atoms with Crippen molar-refractivity contribution in [2.45, 2.75) is 12.8 Å². The van der Waals surface area contributed by atoms with Crippen molar-refractivity contribution in [2.75, 3.05) is 11.9 Å². The lowest BCUT2D eigenvalue weighted by Gasteiger charge is -2.15. The maximum atomic E-state index is 11.6. The van der Waals surface area contributed by atoms with Crippen LogP contribution in [-0.4, -0.2) is 13.0 Å². The first-order valence-electron chi connectivity index (χ1n) is 7.36. The Balaban J connectivity index is 2.14. The predicted octanol–water partition coefficient (Wildman–Crippen LogP) is 4.62. The fourth-order valence-corrected chi connectivity index (χ4v) is 2.27. The third kappa shape index (κ3) is 3.73. The van der Waals surface area contributed by atoms with Gasteiger partial charge in [-0.05, 0) is 47.7 Å². The molecule has 2 rings (SSSR count). The van der Waals surface area contributed by atoms with E-state index in [1.165, 1.54) is 17.2 Å². The zero-order valence-electron chi connectivity index (χ0n) is 13.0. The van der Waals surface area contributed by atoms with Gasteiger partial charge in [0.2, 0.25) is 5.91 Å². The van der Waals surface area contributed by atoms with Crippen LogP contribution in [0.15, 0.2) is 73.8 Å². The molecule has 1 amide bonds. The number of anilines is 1. The summed E-state index contributed by atoms with van der Waals surface area (Å²) in [5.74, 6) is -0.112. The molecule has 0 aliphatic rings. The molecule has 2 aromatic carbocycles. The van der Waals surface area contributed by atoms with Crippen molar-refractivity contribution >= 4 is 11.6 Å². The van der Waals surface area contributed by atoms with Gasteiger partial charge in [0, 0.05) is 12.7 Å². The van der Waals surface area contributed by atoms with E-state index in [9.17, 15) is 4.79 Å². The second kappa shape index (κ2) is 7.41. The van der Waals surface area contributed by atoms with Crippen LogP contribution in [0.1, 0.15) is 12.0 Å². The average Bonchev–Trinajstić information content (AvgIpc) is 2.59. The Hall–Kier alpha value is -2.61. The second-order valence-corrected chi connectivity index (χ2v) is 5.17. The van der Waals surface area contributed by atoms with Crippen molar-refractivity contribution in [3.63, 3.8) is 0 Å². The number of allylic oxidation sites excluding steroid dienone is 1. The number of carbonyl (C=O) groups excluding carboxylic acids is 1. The Morgan fingerprint density at radius 1 is 1.00 bits per heavy atom. The molecule has 0 saturated carbocycles. The van der Waals surface area contributed by atoms with E-state index < -0.39 is 0 Å². The molecular formula is C20H21NO. The molecule has 0 N–H and O–H groups in total.